The minimum Gasteiger partial charge on any atom is -0.386 e. The lowest BCUT2D eigenvalue weighted by molar-refractivity contribution is 0.0264. The first-order chi connectivity index (χ1) is 8.52. The van der Waals surface area contributed by atoms with E-state index in [1.54, 1.807) is 0 Å². The molecule has 1 aromatic carbocycles. The molecule has 0 aromatic heterocycles. The van der Waals surface area contributed by atoms with Gasteiger partial charge in [0.25, 0.3) is 5.91 Å². The zero-order valence-corrected chi connectivity index (χ0v) is 11.2. The molecule has 0 spiro atoms. The van der Waals surface area contributed by atoms with Gasteiger partial charge in [0.15, 0.2) is 0 Å². The number of amides is 1. The van der Waals surface area contributed by atoms with Gasteiger partial charge in [-0.05, 0) is 28.1 Å². The molecule has 2 N–H and O–H groups in total. The van der Waals surface area contributed by atoms with Gasteiger partial charge < -0.3 is 15.2 Å². The predicted molar refractivity (Wildman–Crippen MR) is 66.8 cm³/mol. The van der Waals surface area contributed by atoms with Crippen LogP contribution < -0.4 is 5.32 Å². The summed E-state index contributed by atoms with van der Waals surface area (Å²) < 4.78 is 18.5. The Hall–Kier alpha value is -0.980. The molecule has 1 aliphatic rings. The van der Waals surface area contributed by atoms with Crippen molar-refractivity contribution in [3.63, 3.8) is 0 Å². The van der Waals surface area contributed by atoms with Crippen LogP contribution in [0.2, 0.25) is 0 Å². The normalized spacial score (nSPS) is 23.1. The van der Waals surface area contributed by atoms with E-state index in [1.165, 1.54) is 18.2 Å². The highest BCUT2D eigenvalue weighted by atomic mass is 79.9. The van der Waals surface area contributed by atoms with E-state index in [-0.39, 0.29) is 23.2 Å². The predicted octanol–water partition coefficient (Wildman–Crippen LogP) is 1.47. The Morgan fingerprint density at radius 3 is 3.06 bits per heavy atom. The first-order valence-corrected chi connectivity index (χ1v) is 6.33. The van der Waals surface area contributed by atoms with Crippen molar-refractivity contribution in [1.29, 1.82) is 0 Å². The molecule has 1 aliphatic heterocycles. The van der Waals surface area contributed by atoms with Crippen LogP contribution >= 0.6 is 15.9 Å². The third-order valence-corrected chi connectivity index (χ3v) is 3.66. The van der Waals surface area contributed by atoms with Crippen molar-refractivity contribution in [2.24, 2.45) is 0 Å². The topological polar surface area (TPSA) is 58.6 Å². The summed E-state index contributed by atoms with van der Waals surface area (Å²) in [5, 5.41) is 12.6. The van der Waals surface area contributed by atoms with Crippen molar-refractivity contribution in [1.82, 2.24) is 5.32 Å². The second-order valence-electron chi connectivity index (χ2n) is 4.31. The van der Waals surface area contributed by atoms with Crippen LogP contribution in [0.4, 0.5) is 4.39 Å². The minimum atomic E-state index is -1.02. The van der Waals surface area contributed by atoms with Crippen molar-refractivity contribution < 1.29 is 19.0 Å². The fourth-order valence-electron chi connectivity index (χ4n) is 1.76. The maximum Gasteiger partial charge on any atom is 0.252 e. The minimum absolute atomic E-state index is 0.0921. The van der Waals surface area contributed by atoms with Gasteiger partial charge in [-0.1, -0.05) is 6.07 Å². The number of halogens is 2. The Morgan fingerprint density at radius 2 is 2.39 bits per heavy atom. The Balaban J connectivity index is 2.01. The van der Waals surface area contributed by atoms with E-state index < -0.39 is 17.3 Å². The molecule has 1 fully saturated rings. The van der Waals surface area contributed by atoms with Gasteiger partial charge in [-0.25, -0.2) is 4.39 Å². The molecule has 1 aromatic rings. The van der Waals surface area contributed by atoms with Gasteiger partial charge in [0.05, 0.1) is 16.6 Å². The molecule has 0 aliphatic carbocycles. The first kappa shape index (κ1) is 13.5. The van der Waals surface area contributed by atoms with E-state index in [2.05, 4.69) is 21.2 Å². The monoisotopic (exact) mass is 317 g/mol. The summed E-state index contributed by atoms with van der Waals surface area (Å²) in [6.07, 6.45) is 0.484. The third-order valence-electron chi connectivity index (χ3n) is 2.86. The molecular weight excluding hydrogens is 305 g/mol. The smallest absolute Gasteiger partial charge is 0.252 e. The molecule has 0 saturated carbocycles. The van der Waals surface area contributed by atoms with Gasteiger partial charge >= 0.3 is 0 Å². The summed E-state index contributed by atoms with van der Waals surface area (Å²) in [5.41, 5.74) is -0.812. The highest BCUT2D eigenvalue weighted by Gasteiger charge is 2.32. The van der Waals surface area contributed by atoms with Gasteiger partial charge in [-0.2, -0.15) is 0 Å². The summed E-state index contributed by atoms with van der Waals surface area (Å²) >= 11 is 3.02. The Kier molecular flexibility index (Phi) is 3.99. The number of aliphatic hydroxyl groups is 1. The van der Waals surface area contributed by atoms with Crippen LogP contribution in [0.25, 0.3) is 0 Å². The summed E-state index contributed by atoms with van der Waals surface area (Å²) in [6.45, 7) is 0.780. The molecule has 0 radical (unpaired) electrons. The zero-order valence-electron chi connectivity index (χ0n) is 9.58. The van der Waals surface area contributed by atoms with Crippen molar-refractivity contribution >= 4 is 21.8 Å². The molecule has 1 saturated heterocycles. The molecule has 98 valence electrons. The molecular formula is C12H13BrFNO3. The van der Waals surface area contributed by atoms with E-state index in [0.717, 1.165) is 0 Å². The van der Waals surface area contributed by atoms with Crippen molar-refractivity contribution in [2.45, 2.75) is 12.0 Å². The second kappa shape index (κ2) is 5.34. The average molecular weight is 318 g/mol. The number of carbonyl (C=O) groups is 1. The van der Waals surface area contributed by atoms with Crippen LogP contribution in [0.1, 0.15) is 16.8 Å². The Morgan fingerprint density at radius 1 is 1.61 bits per heavy atom. The van der Waals surface area contributed by atoms with Crippen LogP contribution in [-0.4, -0.2) is 36.4 Å². The van der Waals surface area contributed by atoms with Crippen molar-refractivity contribution in [3.8, 4) is 0 Å². The van der Waals surface area contributed by atoms with Gasteiger partial charge in [0.2, 0.25) is 0 Å². The van der Waals surface area contributed by atoms with E-state index in [9.17, 15) is 14.3 Å². The van der Waals surface area contributed by atoms with E-state index in [4.69, 9.17) is 4.74 Å². The largest absolute Gasteiger partial charge is 0.386 e. The summed E-state index contributed by atoms with van der Waals surface area (Å²) in [6, 6.07) is 4.24. The van der Waals surface area contributed by atoms with E-state index in [1.807, 2.05) is 0 Å². The average Bonchev–Trinajstić information content (AvgIpc) is 2.77. The van der Waals surface area contributed by atoms with Gasteiger partial charge in [0.1, 0.15) is 11.4 Å². The lowest BCUT2D eigenvalue weighted by atomic mass is 10.0. The van der Waals surface area contributed by atoms with Gasteiger partial charge in [0, 0.05) is 19.6 Å². The van der Waals surface area contributed by atoms with Crippen LogP contribution in [0.3, 0.4) is 0 Å². The molecule has 1 amide bonds. The Bertz CT molecular complexity index is 461. The van der Waals surface area contributed by atoms with E-state index >= 15 is 0 Å². The van der Waals surface area contributed by atoms with Crippen LogP contribution in [0.5, 0.6) is 0 Å². The van der Waals surface area contributed by atoms with Crippen LogP contribution in [0.15, 0.2) is 22.7 Å². The highest BCUT2D eigenvalue weighted by Crippen LogP contribution is 2.21. The zero-order chi connectivity index (χ0) is 13.2. The van der Waals surface area contributed by atoms with Gasteiger partial charge in [-0.3, -0.25) is 4.79 Å². The molecule has 0 bridgehead atoms. The van der Waals surface area contributed by atoms with Crippen molar-refractivity contribution in [2.75, 3.05) is 19.8 Å². The van der Waals surface area contributed by atoms with Gasteiger partial charge in [-0.15, -0.1) is 0 Å². The van der Waals surface area contributed by atoms with E-state index in [0.29, 0.717) is 13.0 Å². The standard InChI is InChI=1S/C12H13BrFNO3/c13-10-8(2-1-3-9(10)14)11(16)15-6-12(17)4-5-18-7-12/h1-3,17H,4-7H2,(H,15,16). The number of ether oxygens (including phenoxy) is 1. The third kappa shape index (κ3) is 2.88. The molecule has 1 unspecified atom stereocenters. The van der Waals surface area contributed by atoms with Crippen molar-refractivity contribution in [3.05, 3.63) is 34.1 Å². The fraction of sp³-hybridized carbons (Fsp3) is 0.417. The number of nitrogens with one attached hydrogen (secondary N) is 1. The maximum atomic E-state index is 13.3. The lowest BCUT2D eigenvalue weighted by Gasteiger charge is -2.20. The maximum absolute atomic E-state index is 13.3. The lowest BCUT2D eigenvalue weighted by Crippen LogP contribution is -2.43. The quantitative estimate of drug-likeness (QED) is 0.887. The summed E-state index contributed by atoms with van der Waals surface area (Å²) in [4.78, 5) is 11.9. The molecule has 2 rings (SSSR count). The molecule has 1 atom stereocenters. The Labute approximate surface area is 112 Å². The first-order valence-electron chi connectivity index (χ1n) is 5.54. The summed E-state index contributed by atoms with van der Waals surface area (Å²) in [7, 11) is 0. The molecule has 1 heterocycles. The number of benzene rings is 1. The van der Waals surface area contributed by atoms with Crippen LogP contribution in [0, 0.1) is 5.82 Å². The second-order valence-corrected chi connectivity index (χ2v) is 5.10. The molecule has 18 heavy (non-hydrogen) atoms. The number of hydrogen-bond donors (Lipinski definition) is 2. The SMILES string of the molecule is O=C(NCC1(O)CCOC1)c1cccc(F)c1Br. The highest BCUT2D eigenvalue weighted by molar-refractivity contribution is 9.10. The number of carbonyl (C=O) groups excluding carboxylic acids is 1. The number of hydrogen-bond acceptors (Lipinski definition) is 3. The fourth-order valence-corrected chi connectivity index (χ4v) is 2.20. The molecule has 6 heteroatoms. The molecule has 4 nitrogen and oxygen atoms in total. The van der Waals surface area contributed by atoms with Crippen LogP contribution in [-0.2, 0) is 4.74 Å². The number of rotatable bonds is 3. The summed E-state index contributed by atoms with van der Waals surface area (Å²) in [5.74, 6) is -0.924.